The van der Waals surface area contributed by atoms with Gasteiger partial charge in [-0.15, -0.1) is 0 Å². The van der Waals surface area contributed by atoms with Crippen molar-refractivity contribution in [1.82, 2.24) is 19.5 Å². The van der Waals surface area contributed by atoms with Gasteiger partial charge in [0, 0.05) is 19.8 Å². The van der Waals surface area contributed by atoms with E-state index >= 15 is 0 Å². The molecule has 0 amide bonds. The minimum absolute atomic E-state index is 0.112. The Balaban J connectivity index is 1.79. The number of imidazole rings is 1. The van der Waals surface area contributed by atoms with Gasteiger partial charge in [0.05, 0.1) is 19.5 Å². The predicted octanol–water partition coefficient (Wildman–Crippen LogP) is 2.83. The Hall–Kier alpha value is -1.55. The van der Waals surface area contributed by atoms with Crippen LogP contribution >= 0.6 is 15.0 Å². The van der Waals surface area contributed by atoms with Crippen LogP contribution in [0.5, 0.6) is 5.88 Å². The molecule has 0 radical (unpaired) electrons. The summed E-state index contributed by atoms with van der Waals surface area (Å²) in [7, 11) is -6.10. The monoisotopic (exact) mass is 493 g/mol. The fourth-order valence-corrected chi connectivity index (χ4v) is 7.72. The summed E-state index contributed by atoms with van der Waals surface area (Å²) in [6, 6.07) is 0. The van der Waals surface area contributed by atoms with Crippen LogP contribution in [0.1, 0.15) is 39.0 Å². The van der Waals surface area contributed by atoms with E-state index in [1.807, 2.05) is 4.57 Å². The van der Waals surface area contributed by atoms with Gasteiger partial charge >= 0.3 is 7.60 Å². The van der Waals surface area contributed by atoms with E-state index in [4.69, 9.17) is 29.5 Å². The normalized spacial score (nSPS) is 14.0. The van der Waals surface area contributed by atoms with Crippen molar-refractivity contribution in [3.8, 4) is 5.88 Å². The van der Waals surface area contributed by atoms with Gasteiger partial charge in [-0.1, -0.05) is 19.3 Å². The van der Waals surface area contributed by atoms with Gasteiger partial charge in [-0.05, 0) is 19.8 Å². The van der Waals surface area contributed by atoms with Crippen molar-refractivity contribution >= 4 is 32.1 Å². The number of fused-ring (bicyclic) bond motifs is 1. The topological polar surface area (TPSA) is 172 Å². The maximum absolute atomic E-state index is 12.6. The number of nitrogens with zero attached hydrogens (tertiary/aromatic N) is 4. The number of anilines is 1. The molecule has 2 heterocycles. The zero-order valence-electron chi connectivity index (χ0n) is 18.6. The molecule has 0 saturated heterocycles. The van der Waals surface area contributed by atoms with Crippen LogP contribution in [0.4, 0.5) is 5.95 Å². The van der Waals surface area contributed by atoms with Crippen molar-refractivity contribution in [2.45, 2.75) is 45.6 Å². The lowest BCUT2D eigenvalue weighted by atomic mass is 10.1. The van der Waals surface area contributed by atoms with Crippen LogP contribution in [0, 0.1) is 0 Å². The Labute approximate surface area is 187 Å². The molecule has 0 fully saturated rings. The second-order valence-electron chi connectivity index (χ2n) is 7.37. The van der Waals surface area contributed by atoms with Gasteiger partial charge in [0.25, 0.3) is 0 Å². The number of aromatic nitrogens is 4. The quantitative estimate of drug-likeness (QED) is 0.232. The lowest BCUT2D eigenvalue weighted by molar-refractivity contribution is 0.144. The van der Waals surface area contributed by atoms with Gasteiger partial charge in [0.15, 0.2) is 11.2 Å². The van der Waals surface area contributed by atoms with E-state index in [0.717, 1.165) is 25.7 Å². The van der Waals surface area contributed by atoms with Gasteiger partial charge in [-0.3, -0.25) is 9.13 Å². The number of unbranched alkanes of at least 4 members (excludes halogenated alkanes) is 4. The van der Waals surface area contributed by atoms with E-state index in [-0.39, 0.29) is 18.7 Å². The Kier molecular flexibility index (Phi) is 10.5. The lowest BCUT2D eigenvalue weighted by Gasteiger charge is -2.18. The average Bonchev–Trinajstić information content (AvgIpc) is 3.09. The molecule has 1 unspecified atom stereocenters. The lowest BCUT2D eigenvalue weighted by Crippen LogP contribution is -2.08. The Morgan fingerprint density at radius 3 is 2.50 bits per heavy atom. The van der Waals surface area contributed by atoms with E-state index in [1.54, 1.807) is 20.4 Å². The molecule has 0 saturated carbocycles. The summed E-state index contributed by atoms with van der Waals surface area (Å²) in [5.41, 5.74) is 6.96. The minimum Gasteiger partial charge on any atom is -0.474 e. The van der Waals surface area contributed by atoms with Crippen molar-refractivity contribution in [1.29, 1.82) is 0 Å². The van der Waals surface area contributed by atoms with E-state index < -0.39 is 20.9 Å². The summed E-state index contributed by atoms with van der Waals surface area (Å²) < 4.78 is 41.4. The van der Waals surface area contributed by atoms with Gasteiger partial charge < -0.3 is 34.1 Å². The highest BCUT2D eigenvalue weighted by Crippen LogP contribution is 2.58. The number of nitrogens with two attached hydrogens (primary N) is 1. The summed E-state index contributed by atoms with van der Waals surface area (Å²) in [6.45, 7) is 3.29. The number of hydrogen-bond donors (Lipinski definition) is 3. The molecule has 4 N–H and O–H groups in total. The van der Waals surface area contributed by atoms with Crippen molar-refractivity contribution in [2.75, 3.05) is 44.7 Å². The van der Waals surface area contributed by atoms with Crippen LogP contribution in [-0.2, 0) is 24.9 Å². The first-order chi connectivity index (χ1) is 15.2. The summed E-state index contributed by atoms with van der Waals surface area (Å²) in [4.78, 5) is 31.0. The Bertz CT molecular complexity index is 949. The van der Waals surface area contributed by atoms with Crippen molar-refractivity contribution in [3.63, 3.8) is 0 Å². The zero-order valence-corrected chi connectivity index (χ0v) is 20.3. The van der Waals surface area contributed by atoms with E-state index in [0.29, 0.717) is 43.2 Å². The van der Waals surface area contributed by atoms with Crippen molar-refractivity contribution in [3.05, 3.63) is 6.33 Å². The van der Waals surface area contributed by atoms with Crippen molar-refractivity contribution < 1.29 is 32.9 Å². The molecular weight excluding hydrogens is 460 g/mol. The Morgan fingerprint density at radius 1 is 1.09 bits per heavy atom. The molecule has 2 aromatic heterocycles. The second-order valence-corrected chi connectivity index (χ2v) is 12.2. The fourth-order valence-electron chi connectivity index (χ4n) is 3.28. The molecule has 0 aliphatic carbocycles. The molecule has 0 spiro atoms. The van der Waals surface area contributed by atoms with Gasteiger partial charge in [0.1, 0.15) is 12.5 Å². The number of methoxy groups -OCH3 is 1. The number of hydrogen-bond acceptors (Lipinski definition) is 9. The van der Waals surface area contributed by atoms with Crippen molar-refractivity contribution in [2.24, 2.45) is 0 Å². The molecule has 2 aromatic rings. The number of aryl methyl sites for hydroxylation is 1. The number of rotatable bonds is 16. The zero-order chi connectivity index (χ0) is 23.6. The molecule has 32 heavy (non-hydrogen) atoms. The molecule has 12 nitrogen and oxygen atoms in total. The average molecular weight is 493 g/mol. The third-order valence-corrected chi connectivity index (χ3v) is 9.56. The van der Waals surface area contributed by atoms with Crippen LogP contribution in [0.15, 0.2) is 6.33 Å². The minimum atomic E-state index is -4.38. The van der Waals surface area contributed by atoms with Crippen LogP contribution < -0.4 is 10.5 Å². The highest BCUT2D eigenvalue weighted by molar-refractivity contribution is 7.73. The van der Waals surface area contributed by atoms with Gasteiger partial charge in [-0.2, -0.15) is 9.97 Å². The SMILES string of the molecule is CCOP(=O)(CCCCCCCn1cnc2c(OCCOC)nc(N)nc21)CP(=O)(O)O. The fraction of sp³-hybridized carbons (Fsp3) is 0.722. The molecule has 0 aromatic carbocycles. The van der Waals surface area contributed by atoms with E-state index in [2.05, 4.69) is 15.0 Å². The molecule has 0 aliphatic heterocycles. The Morgan fingerprint density at radius 2 is 1.81 bits per heavy atom. The highest BCUT2D eigenvalue weighted by Gasteiger charge is 2.31. The smallest absolute Gasteiger partial charge is 0.335 e. The van der Waals surface area contributed by atoms with Gasteiger partial charge in [-0.25, -0.2) is 4.98 Å². The number of nitrogen functional groups attached to an aromatic ring is 1. The van der Waals surface area contributed by atoms with E-state index in [1.165, 1.54) is 0 Å². The number of ether oxygens (including phenoxy) is 2. The summed E-state index contributed by atoms with van der Waals surface area (Å²) >= 11 is 0. The summed E-state index contributed by atoms with van der Waals surface area (Å²) in [5, 5.41) is 0. The van der Waals surface area contributed by atoms with E-state index in [9.17, 15) is 9.13 Å². The second kappa shape index (κ2) is 12.6. The maximum atomic E-state index is 12.6. The molecular formula is C18H33N5O7P2. The molecule has 0 bridgehead atoms. The van der Waals surface area contributed by atoms with Crippen LogP contribution in [-0.4, -0.2) is 68.3 Å². The molecule has 1 atom stereocenters. The molecule has 14 heteroatoms. The first kappa shape index (κ1) is 26.7. The first-order valence-electron chi connectivity index (χ1n) is 10.5. The van der Waals surface area contributed by atoms with Crippen LogP contribution in [0.2, 0.25) is 0 Å². The highest BCUT2D eigenvalue weighted by atomic mass is 31.2. The third kappa shape index (κ3) is 8.77. The van der Waals surface area contributed by atoms with Crippen LogP contribution in [0.25, 0.3) is 11.2 Å². The molecule has 0 aliphatic rings. The third-order valence-electron chi connectivity index (χ3n) is 4.64. The van der Waals surface area contributed by atoms with Crippen LogP contribution in [0.3, 0.4) is 0 Å². The maximum Gasteiger partial charge on any atom is 0.335 e. The predicted molar refractivity (Wildman–Crippen MR) is 121 cm³/mol. The largest absolute Gasteiger partial charge is 0.474 e. The first-order valence-corrected chi connectivity index (χ1v) is 14.3. The molecule has 2 rings (SSSR count). The van der Waals surface area contributed by atoms with Gasteiger partial charge in [0.2, 0.25) is 19.2 Å². The summed E-state index contributed by atoms with van der Waals surface area (Å²) in [5.74, 6) is -0.248. The summed E-state index contributed by atoms with van der Waals surface area (Å²) in [6.07, 6.45) is 5.96. The standard InChI is InChI=1S/C18H33N5O7P2/c1-3-30-31(24,14-32(25,26)27)12-8-6-4-5-7-9-23-13-20-15-16(23)21-18(19)22-17(15)29-11-10-28-2/h13H,3-12,14H2,1-2H3,(H2,19,21,22)(H2,25,26,27). The molecule has 182 valence electrons.